The van der Waals surface area contributed by atoms with Crippen LogP contribution in [0.5, 0.6) is 6.01 Å². The lowest BCUT2D eigenvalue weighted by atomic mass is 9.90. The number of rotatable bonds is 12. The second-order valence-electron chi connectivity index (χ2n) is 10.1. The van der Waals surface area contributed by atoms with Gasteiger partial charge in [0.25, 0.3) is 0 Å². The number of unbranched alkanes of at least 4 members (excludes halogenated alkanes) is 3. The Balaban J connectivity index is 0.00000324. The standard InChI is InChI=1S/C25H42N6O2.ClH/c1-2-3-17-33-24-28-22(26)21-23(29-24)31(25(32)27-21)14-8-4-5-9-19-12-15-30(16-13-19)18-20-10-6-7-11-20;/h19-20H,2-18H2,1H3,(H,27,32)(H2,26,28,29);1H. The van der Waals surface area contributed by atoms with Gasteiger partial charge in [0.1, 0.15) is 5.52 Å². The fourth-order valence-electron chi connectivity index (χ4n) is 5.51. The number of ether oxygens (including phenoxy) is 1. The monoisotopic (exact) mass is 494 g/mol. The molecule has 1 saturated heterocycles. The minimum atomic E-state index is -0.175. The summed E-state index contributed by atoms with van der Waals surface area (Å²) in [6.07, 6.45) is 15.1. The average Bonchev–Trinajstić information content (AvgIpc) is 3.43. The molecule has 3 heterocycles. The van der Waals surface area contributed by atoms with Crippen LogP contribution in [0.25, 0.3) is 11.2 Å². The van der Waals surface area contributed by atoms with Crippen molar-refractivity contribution in [3.63, 3.8) is 0 Å². The fourth-order valence-corrected chi connectivity index (χ4v) is 5.51. The first-order chi connectivity index (χ1) is 16.1. The molecule has 0 radical (unpaired) electrons. The maximum atomic E-state index is 12.5. The first-order valence-electron chi connectivity index (χ1n) is 13.2. The summed E-state index contributed by atoms with van der Waals surface area (Å²) in [7, 11) is 0. The van der Waals surface area contributed by atoms with Gasteiger partial charge >= 0.3 is 11.7 Å². The van der Waals surface area contributed by atoms with Crippen LogP contribution in [0.2, 0.25) is 0 Å². The lowest BCUT2D eigenvalue weighted by molar-refractivity contribution is 0.155. The van der Waals surface area contributed by atoms with E-state index in [4.69, 9.17) is 10.5 Å². The van der Waals surface area contributed by atoms with Crippen molar-refractivity contribution in [1.82, 2.24) is 24.4 Å². The zero-order valence-electron chi connectivity index (χ0n) is 20.8. The summed E-state index contributed by atoms with van der Waals surface area (Å²) in [5, 5.41) is 0. The van der Waals surface area contributed by atoms with Gasteiger partial charge in [-0.05, 0) is 63.5 Å². The fraction of sp³-hybridized carbons (Fsp3) is 0.800. The highest BCUT2D eigenvalue weighted by Gasteiger charge is 2.23. The molecule has 1 aliphatic carbocycles. The van der Waals surface area contributed by atoms with Gasteiger partial charge in [0, 0.05) is 13.1 Å². The smallest absolute Gasteiger partial charge is 0.327 e. The molecular weight excluding hydrogens is 452 g/mol. The number of imidazole rings is 1. The van der Waals surface area contributed by atoms with E-state index in [1.54, 1.807) is 4.57 Å². The van der Waals surface area contributed by atoms with Gasteiger partial charge in [-0.15, -0.1) is 12.4 Å². The molecule has 4 rings (SSSR count). The van der Waals surface area contributed by atoms with Crippen LogP contribution in [-0.4, -0.2) is 50.7 Å². The molecule has 0 atom stereocenters. The largest absolute Gasteiger partial charge is 0.463 e. The van der Waals surface area contributed by atoms with Crippen molar-refractivity contribution in [3.8, 4) is 6.01 Å². The third-order valence-corrected chi connectivity index (χ3v) is 7.55. The number of nitrogen functional groups attached to an aromatic ring is 1. The van der Waals surface area contributed by atoms with Crippen molar-refractivity contribution >= 4 is 29.4 Å². The first-order valence-corrected chi connectivity index (χ1v) is 13.2. The minimum Gasteiger partial charge on any atom is -0.463 e. The first kappa shape index (κ1) is 26.8. The van der Waals surface area contributed by atoms with Gasteiger partial charge in [0.05, 0.1) is 6.61 Å². The van der Waals surface area contributed by atoms with Gasteiger partial charge in [-0.3, -0.25) is 4.57 Å². The van der Waals surface area contributed by atoms with E-state index < -0.39 is 0 Å². The Hall–Kier alpha value is -1.80. The normalized spacial score (nSPS) is 17.9. The molecule has 0 aromatic carbocycles. The van der Waals surface area contributed by atoms with E-state index >= 15 is 0 Å². The van der Waals surface area contributed by atoms with E-state index in [1.807, 2.05) is 0 Å². The third kappa shape index (κ3) is 7.11. The quantitative estimate of drug-likeness (QED) is 0.412. The Labute approximate surface area is 209 Å². The minimum absolute atomic E-state index is 0. The van der Waals surface area contributed by atoms with Gasteiger partial charge in [0.15, 0.2) is 11.5 Å². The zero-order chi connectivity index (χ0) is 23.0. The number of halogens is 1. The highest BCUT2D eigenvalue weighted by Crippen LogP contribution is 2.28. The number of likely N-dealkylation sites (tertiary alicyclic amines) is 1. The van der Waals surface area contributed by atoms with Gasteiger partial charge < -0.3 is 20.4 Å². The molecule has 0 unspecified atom stereocenters. The number of aromatic nitrogens is 4. The number of hydrogen-bond donors (Lipinski definition) is 2. The summed E-state index contributed by atoms with van der Waals surface area (Å²) < 4.78 is 7.30. The van der Waals surface area contributed by atoms with Crippen molar-refractivity contribution in [2.75, 3.05) is 32.0 Å². The van der Waals surface area contributed by atoms with Gasteiger partial charge in [-0.2, -0.15) is 9.97 Å². The molecule has 192 valence electrons. The molecule has 8 nitrogen and oxygen atoms in total. The predicted molar refractivity (Wildman–Crippen MR) is 140 cm³/mol. The van der Waals surface area contributed by atoms with Crippen LogP contribution < -0.4 is 16.2 Å². The average molecular weight is 495 g/mol. The predicted octanol–water partition coefficient (Wildman–Crippen LogP) is 4.77. The molecule has 0 spiro atoms. The molecule has 3 N–H and O–H groups in total. The lowest BCUT2D eigenvalue weighted by Crippen LogP contribution is -2.36. The van der Waals surface area contributed by atoms with Crippen LogP contribution in [0.4, 0.5) is 5.82 Å². The van der Waals surface area contributed by atoms with Crippen LogP contribution in [0, 0.1) is 11.8 Å². The van der Waals surface area contributed by atoms with Crippen molar-refractivity contribution < 1.29 is 4.74 Å². The van der Waals surface area contributed by atoms with Crippen LogP contribution in [0.15, 0.2) is 4.79 Å². The van der Waals surface area contributed by atoms with Crippen LogP contribution in [0.3, 0.4) is 0 Å². The number of nitrogens with two attached hydrogens (primary N) is 1. The summed E-state index contributed by atoms with van der Waals surface area (Å²) >= 11 is 0. The van der Waals surface area contributed by atoms with Crippen molar-refractivity contribution in [1.29, 1.82) is 0 Å². The molecule has 2 fully saturated rings. The number of piperidine rings is 1. The molecule has 1 saturated carbocycles. The second-order valence-corrected chi connectivity index (χ2v) is 10.1. The molecule has 2 aromatic heterocycles. The van der Waals surface area contributed by atoms with Gasteiger partial charge in [-0.25, -0.2) is 4.79 Å². The Kier molecular flexibility index (Phi) is 10.5. The number of anilines is 1. The van der Waals surface area contributed by atoms with E-state index in [1.165, 1.54) is 71.0 Å². The Morgan fingerprint density at radius 1 is 1.03 bits per heavy atom. The Morgan fingerprint density at radius 3 is 2.53 bits per heavy atom. The maximum absolute atomic E-state index is 12.5. The number of nitrogens with one attached hydrogen (secondary N) is 1. The molecule has 0 bridgehead atoms. The number of fused-ring (bicyclic) bond motifs is 1. The summed E-state index contributed by atoms with van der Waals surface area (Å²) in [4.78, 5) is 26.6. The molecule has 9 heteroatoms. The molecule has 0 amide bonds. The number of aromatic amines is 1. The van der Waals surface area contributed by atoms with Crippen LogP contribution in [0.1, 0.15) is 84.0 Å². The zero-order valence-corrected chi connectivity index (χ0v) is 21.6. The number of nitrogens with zero attached hydrogens (tertiary/aromatic N) is 4. The van der Waals surface area contributed by atoms with Crippen molar-refractivity contribution in [2.45, 2.75) is 90.5 Å². The number of hydrogen-bond acceptors (Lipinski definition) is 6. The molecule has 2 aliphatic rings. The van der Waals surface area contributed by atoms with Crippen LogP contribution in [-0.2, 0) is 6.54 Å². The summed E-state index contributed by atoms with van der Waals surface area (Å²) in [6.45, 7) is 7.21. The maximum Gasteiger partial charge on any atom is 0.327 e. The molecular formula is C25H43ClN6O2. The molecule has 1 aliphatic heterocycles. The van der Waals surface area contributed by atoms with Crippen LogP contribution >= 0.6 is 12.4 Å². The third-order valence-electron chi connectivity index (χ3n) is 7.55. The van der Waals surface area contributed by atoms with E-state index in [2.05, 4.69) is 26.8 Å². The van der Waals surface area contributed by atoms with E-state index in [0.29, 0.717) is 24.3 Å². The Morgan fingerprint density at radius 2 is 1.79 bits per heavy atom. The molecule has 2 aromatic rings. The van der Waals surface area contributed by atoms with Gasteiger partial charge in [0.2, 0.25) is 0 Å². The van der Waals surface area contributed by atoms with Crippen molar-refractivity contribution in [2.24, 2.45) is 11.8 Å². The molecule has 34 heavy (non-hydrogen) atoms. The summed E-state index contributed by atoms with van der Waals surface area (Å²) in [5.74, 6) is 2.10. The van der Waals surface area contributed by atoms with Gasteiger partial charge in [-0.1, -0.05) is 45.4 Å². The topological polar surface area (TPSA) is 102 Å². The highest BCUT2D eigenvalue weighted by atomic mass is 35.5. The van der Waals surface area contributed by atoms with E-state index in [0.717, 1.165) is 37.5 Å². The number of aryl methyl sites for hydroxylation is 1. The Bertz CT molecular complexity index is 931. The second kappa shape index (κ2) is 13.3. The highest BCUT2D eigenvalue weighted by molar-refractivity contribution is 5.85. The lowest BCUT2D eigenvalue weighted by Gasteiger charge is -2.33. The van der Waals surface area contributed by atoms with E-state index in [-0.39, 0.29) is 29.9 Å². The van der Waals surface area contributed by atoms with Crippen molar-refractivity contribution in [3.05, 3.63) is 10.5 Å². The number of H-pyrrole nitrogens is 1. The SMILES string of the molecule is CCCCOc1nc(N)c2[nH]c(=O)n(CCCCCC3CCN(CC4CCCC4)CC3)c2n1.Cl. The summed E-state index contributed by atoms with van der Waals surface area (Å²) in [5.41, 5.74) is 6.92. The van der Waals surface area contributed by atoms with E-state index in [9.17, 15) is 4.79 Å². The summed E-state index contributed by atoms with van der Waals surface area (Å²) in [6, 6.07) is 0.250.